The van der Waals surface area contributed by atoms with Gasteiger partial charge in [0.15, 0.2) is 9.84 Å². The van der Waals surface area contributed by atoms with Gasteiger partial charge in [-0.1, -0.05) is 13.0 Å². The smallest absolute Gasteiger partial charge is 0.221 e. The van der Waals surface area contributed by atoms with E-state index in [9.17, 15) is 13.2 Å². The van der Waals surface area contributed by atoms with Gasteiger partial charge in [0.05, 0.1) is 10.6 Å². The minimum absolute atomic E-state index is 0. The fourth-order valence-corrected chi connectivity index (χ4v) is 3.83. The van der Waals surface area contributed by atoms with E-state index >= 15 is 0 Å². The van der Waals surface area contributed by atoms with Gasteiger partial charge >= 0.3 is 0 Å². The van der Waals surface area contributed by atoms with Crippen molar-refractivity contribution in [1.29, 1.82) is 0 Å². The largest absolute Gasteiger partial charge is 0.356 e. The van der Waals surface area contributed by atoms with Crippen molar-refractivity contribution in [1.82, 2.24) is 5.32 Å². The number of amides is 1. The molecule has 1 amide bonds. The maximum atomic E-state index is 12.3. The van der Waals surface area contributed by atoms with Gasteiger partial charge in [-0.05, 0) is 55.0 Å². The Bertz CT molecular complexity index is 647. The molecule has 0 heterocycles. The van der Waals surface area contributed by atoms with Crippen molar-refractivity contribution in [3.05, 3.63) is 29.3 Å². The molecule has 1 aromatic rings. The average molecular weight is 361 g/mol. The molecular formula is C16H25ClN2O3S. The van der Waals surface area contributed by atoms with Crippen LogP contribution in [0, 0.1) is 5.92 Å². The summed E-state index contributed by atoms with van der Waals surface area (Å²) < 4.78 is 24.7. The number of rotatable bonds is 7. The Morgan fingerprint density at radius 2 is 2.00 bits per heavy atom. The van der Waals surface area contributed by atoms with E-state index in [0.29, 0.717) is 18.0 Å². The summed E-state index contributed by atoms with van der Waals surface area (Å²) in [6.07, 6.45) is 3.03. The molecule has 5 nitrogen and oxygen atoms in total. The van der Waals surface area contributed by atoms with E-state index in [0.717, 1.165) is 24.8 Å². The number of aryl methyl sites for hydroxylation is 2. The first-order valence-electron chi connectivity index (χ1n) is 7.73. The van der Waals surface area contributed by atoms with Crippen LogP contribution in [0.1, 0.15) is 30.9 Å². The minimum atomic E-state index is -3.41. The molecule has 0 bridgehead atoms. The molecule has 0 spiro atoms. The van der Waals surface area contributed by atoms with Crippen LogP contribution < -0.4 is 11.1 Å². The Balaban J connectivity index is 0.00000264. The van der Waals surface area contributed by atoms with Crippen LogP contribution in [0.3, 0.4) is 0 Å². The normalized spacial score (nSPS) is 14.7. The number of benzene rings is 1. The molecule has 3 N–H and O–H groups in total. The second-order valence-corrected chi connectivity index (χ2v) is 8.11. The summed E-state index contributed by atoms with van der Waals surface area (Å²) in [6, 6.07) is 5.33. The van der Waals surface area contributed by atoms with Crippen LogP contribution in [0.15, 0.2) is 23.1 Å². The number of nitrogens with two attached hydrogens (primary N) is 1. The highest BCUT2D eigenvalue weighted by atomic mass is 35.5. The Hall–Kier alpha value is -1.11. The van der Waals surface area contributed by atoms with Crippen molar-refractivity contribution >= 4 is 28.2 Å². The van der Waals surface area contributed by atoms with Crippen LogP contribution in [-0.2, 0) is 27.5 Å². The first kappa shape index (κ1) is 19.9. The second kappa shape index (κ2) is 8.66. The molecule has 0 radical (unpaired) electrons. The lowest BCUT2D eigenvalue weighted by atomic mass is 10.1. The van der Waals surface area contributed by atoms with Crippen LogP contribution in [0.2, 0.25) is 0 Å². The van der Waals surface area contributed by atoms with Gasteiger partial charge < -0.3 is 11.1 Å². The van der Waals surface area contributed by atoms with Crippen molar-refractivity contribution in [3.8, 4) is 0 Å². The predicted octanol–water partition coefficient (Wildman–Crippen LogP) is 1.47. The monoisotopic (exact) mass is 360 g/mol. The van der Waals surface area contributed by atoms with Crippen molar-refractivity contribution in [2.45, 2.75) is 37.5 Å². The van der Waals surface area contributed by atoms with Gasteiger partial charge in [-0.25, -0.2) is 8.42 Å². The third-order valence-corrected chi connectivity index (χ3v) is 5.79. The molecular weight excluding hydrogens is 336 g/mol. The summed E-state index contributed by atoms with van der Waals surface area (Å²) in [5.74, 6) is -0.212. The Kier molecular flexibility index (Phi) is 7.51. The summed E-state index contributed by atoms with van der Waals surface area (Å²) in [6.45, 7) is 2.91. The second-order valence-electron chi connectivity index (χ2n) is 6.00. The van der Waals surface area contributed by atoms with E-state index in [1.54, 1.807) is 12.1 Å². The van der Waals surface area contributed by atoms with Crippen molar-refractivity contribution in [2.24, 2.45) is 11.7 Å². The van der Waals surface area contributed by atoms with E-state index < -0.39 is 9.84 Å². The van der Waals surface area contributed by atoms with Crippen LogP contribution in [0.5, 0.6) is 0 Å². The van der Waals surface area contributed by atoms with Gasteiger partial charge in [0.25, 0.3) is 0 Å². The minimum Gasteiger partial charge on any atom is -0.356 e. The Labute approximate surface area is 144 Å². The molecule has 0 saturated heterocycles. The quantitative estimate of drug-likeness (QED) is 0.770. The number of halogens is 1. The summed E-state index contributed by atoms with van der Waals surface area (Å²) in [4.78, 5) is 12.0. The Morgan fingerprint density at radius 1 is 1.30 bits per heavy atom. The third-order valence-electron chi connectivity index (χ3n) is 4.08. The number of hydrogen-bond donors (Lipinski definition) is 2. The zero-order valence-corrected chi connectivity index (χ0v) is 15.0. The van der Waals surface area contributed by atoms with Crippen molar-refractivity contribution in [2.75, 3.05) is 18.8 Å². The fourth-order valence-electron chi connectivity index (χ4n) is 2.55. The van der Waals surface area contributed by atoms with Crippen molar-refractivity contribution in [3.63, 3.8) is 0 Å². The predicted molar refractivity (Wildman–Crippen MR) is 93.6 cm³/mol. The van der Waals surface area contributed by atoms with E-state index in [-0.39, 0.29) is 36.4 Å². The molecule has 7 heteroatoms. The van der Waals surface area contributed by atoms with E-state index in [4.69, 9.17) is 5.73 Å². The van der Waals surface area contributed by atoms with Gasteiger partial charge in [-0.15, -0.1) is 12.4 Å². The average Bonchev–Trinajstić information content (AvgIpc) is 2.98. The number of carbonyl (C=O) groups is 1. The lowest BCUT2D eigenvalue weighted by Crippen LogP contribution is -2.32. The summed E-state index contributed by atoms with van der Waals surface area (Å²) in [7, 11) is -3.41. The lowest BCUT2D eigenvalue weighted by molar-refractivity contribution is -0.120. The van der Waals surface area contributed by atoms with Crippen LogP contribution in [-0.4, -0.2) is 33.2 Å². The SMILES string of the molecule is CC(CN)CNC(=O)CCS(=O)(=O)c1ccc2c(c1)CCC2.Cl. The molecule has 1 aromatic carbocycles. The van der Waals surface area contributed by atoms with Crippen molar-refractivity contribution < 1.29 is 13.2 Å². The molecule has 0 aromatic heterocycles. The summed E-state index contributed by atoms with van der Waals surface area (Å²) in [5, 5.41) is 2.72. The molecule has 1 aliphatic rings. The molecule has 0 saturated carbocycles. The zero-order chi connectivity index (χ0) is 16.2. The van der Waals surface area contributed by atoms with Gasteiger partial charge in [-0.2, -0.15) is 0 Å². The fraction of sp³-hybridized carbons (Fsp3) is 0.562. The molecule has 1 unspecified atom stereocenters. The maximum Gasteiger partial charge on any atom is 0.221 e. The molecule has 1 atom stereocenters. The van der Waals surface area contributed by atoms with E-state index in [2.05, 4.69) is 5.32 Å². The maximum absolute atomic E-state index is 12.3. The van der Waals surface area contributed by atoms with Gasteiger partial charge in [0, 0.05) is 13.0 Å². The number of nitrogens with one attached hydrogen (secondary N) is 1. The highest BCUT2D eigenvalue weighted by Crippen LogP contribution is 2.25. The van der Waals surface area contributed by atoms with E-state index in [1.165, 1.54) is 5.56 Å². The molecule has 2 rings (SSSR count). The van der Waals surface area contributed by atoms with Gasteiger partial charge in [0.1, 0.15) is 0 Å². The zero-order valence-electron chi connectivity index (χ0n) is 13.4. The molecule has 0 fully saturated rings. The summed E-state index contributed by atoms with van der Waals surface area (Å²) in [5.41, 5.74) is 7.85. The highest BCUT2D eigenvalue weighted by molar-refractivity contribution is 7.91. The van der Waals surface area contributed by atoms with Crippen LogP contribution in [0.4, 0.5) is 0 Å². The molecule has 23 heavy (non-hydrogen) atoms. The molecule has 1 aliphatic carbocycles. The number of carbonyl (C=O) groups excluding carboxylic acids is 1. The topological polar surface area (TPSA) is 89.3 Å². The number of hydrogen-bond acceptors (Lipinski definition) is 4. The van der Waals surface area contributed by atoms with E-state index in [1.807, 2.05) is 13.0 Å². The molecule has 130 valence electrons. The number of fused-ring (bicyclic) bond motifs is 1. The van der Waals surface area contributed by atoms with Gasteiger partial charge in [-0.3, -0.25) is 4.79 Å². The first-order valence-corrected chi connectivity index (χ1v) is 9.39. The summed E-state index contributed by atoms with van der Waals surface area (Å²) >= 11 is 0. The van der Waals surface area contributed by atoms with Gasteiger partial charge in [0.2, 0.25) is 5.91 Å². The highest BCUT2D eigenvalue weighted by Gasteiger charge is 2.19. The van der Waals surface area contributed by atoms with Crippen LogP contribution in [0.25, 0.3) is 0 Å². The Morgan fingerprint density at radius 3 is 2.70 bits per heavy atom. The standard InChI is InChI=1S/C16H24N2O3S.ClH/c1-12(10-17)11-18-16(19)7-8-22(20,21)15-6-5-13-3-2-4-14(13)9-15;/h5-6,9,12H,2-4,7-8,10-11,17H2,1H3,(H,18,19);1H. The lowest BCUT2D eigenvalue weighted by Gasteiger charge is -2.10. The van der Waals surface area contributed by atoms with Crippen LogP contribution >= 0.6 is 12.4 Å². The molecule has 0 aliphatic heterocycles. The third kappa shape index (κ3) is 5.48. The number of sulfone groups is 1. The first-order chi connectivity index (χ1) is 10.4.